The van der Waals surface area contributed by atoms with Gasteiger partial charge >= 0.3 is 0 Å². The average Bonchev–Trinajstić information content (AvgIpc) is 2.75. The molecule has 100 valence electrons. The fourth-order valence-corrected chi connectivity index (χ4v) is 2.97. The van der Waals surface area contributed by atoms with E-state index in [2.05, 4.69) is 10.3 Å². The van der Waals surface area contributed by atoms with Gasteiger partial charge in [0.2, 0.25) is 11.8 Å². The predicted molar refractivity (Wildman–Crippen MR) is 67.2 cm³/mol. The Morgan fingerprint density at radius 3 is 3.06 bits per heavy atom. The van der Waals surface area contributed by atoms with E-state index < -0.39 is 11.8 Å². The summed E-state index contributed by atoms with van der Waals surface area (Å²) in [5, 5.41) is 4.74. The minimum Gasteiger partial charge on any atom is -0.302 e. The molecule has 0 radical (unpaired) electrons. The van der Waals surface area contributed by atoms with Crippen molar-refractivity contribution in [1.29, 1.82) is 0 Å². The maximum atomic E-state index is 13.2. The van der Waals surface area contributed by atoms with Crippen LogP contribution in [-0.4, -0.2) is 16.8 Å². The number of carbonyl (C=O) groups excluding carboxylic acids is 1. The van der Waals surface area contributed by atoms with Crippen LogP contribution in [0.1, 0.15) is 31.4 Å². The predicted octanol–water partition coefficient (Wildman–Crippen LogP) is 3.65. The number of carbonyl (C=O) groups is 1. The van der Waals surface area contributed by atoms with Gasteiger partial charge in [0.25, 0.3) is 0 Å². The zero-order chi connectivity index (χ0) is 13.2. The lowest BCUT2D eigenvalue weighted by Gasteiger charge is -2.27. The number of anilines is 1. The molecule has 3 nitrogen and oxygen atoms in total. The number of halogens is 3. The SMILES string of the molecule is O=C(Nc1nc(CCl)cs1)C1CCCC(F)(F)C1. The minimum absolute atomic E-state index is 0.121. The summed E-state index contributed by atoms with van der Waals surface area (Å²) in [7, 11) is 0. The molecule has 1 heterocycles. The van der Waals surface area contributed by atoms with Gasteiger partial charge in [0, 0.05) is 24.1 Å². The Labute approximate surface area is 113 Å². The van der Waals surface area contributed by atoms with Gasteiger partial charge in [-0.15, -0.1) is 22.9 Å². The lowest BCUT2D eigenvalue weighted by molar-refractivity contribution is -0.127. The highest BCUT2D eigenvalue weighted by Gasteiger charge is 2.39. The molecule has 0 saturated heterocycles. The number of hydrogen-bond acceptors (Lipinski definition) is 3. The van der Waals surface area contributed by atoms with Gasteiger partial charge in [0.05, 0.1) is 11.6 Å². The quantitative estimate of drug-likeness (QED) is 0.865. The van der Waals surface area contributed by atoms with Gasteiger partial charge in [-0.2, -0.15) is 0 Å². The molecule has 1 aromatic heterocycles. The maximum absolute atomic E-state index is 13.2. The number of nitrogens with zero attached hydrogens (tertiary/aromatic N) is 1. The standard InChI is InChI=1S/C11H13ClF2N2OS/c12-5-8-6-18-10(15-8)16-9(17)7-2-1-3-11(13,14)4-7/h6-7H,1-5H2,(H,15,16,17). The Kier molecular flexibility index (Phi) is 4.17. The van der Waals surface area contributed by atoms with Crippen molar-refractivity contribution >= 4 is 34.0 Å². The van der Waals surface area contributed by atoms with Crippen LogP contribution in [0.15, 0.2) is 5.38 Å². The fraction of sp³-hybridized carbons (Fsp3) is 0.636. The first-order chi connectivity index (χ1) is 8.50. The molecule has 0 bridgehead atoms. The first-order valence-electron chi connectivity index (χ1n) is 5.69. The van der Waals surface area contributed by atoms with Crippen molar-refractivity contribution in [2.24, 2.45) is 5.92 Å². The van der Waals surface area contributed by atoms with Crippen LogP contribution in [0.5, 0.6) is 0 Å². The lowest BCUT2D eigenvalue weighted by Crippen LogP contribution is -2.33. The Hall–Kier alpha value is -0.750. The number of amides is 1. The molecule has 1 saturated carbocycles. The molecule has 0 aromatic carbocycles. The van der Waals surface area contributed by atoms with Gasteiger partial charge in [0.1, 0.15) is 0 Å². The highest BCUT2D eigenvalue weighted by molar-refractivity contribution is 7.13. The topological polar surface area (TPSA) is 42.0 Å². The second-order valence-corrected chi connectivity index (χ2v) is 5.54. The Morgan fingerprint density at radius 1 is 1.67 bits per heavy atom. The van der Waals surface area contributed by atoms with Crippen LogP contribution >= 0.6 is 22.9 Å². The van der Waals surface area contributed by atoms with Gasteiger partial charge in [-0.25, -0.2) is 13.8 Å². The monoisotopic (exact) mass is 294 g/mol. The van der Waals surface area contributed by atoms with Crippen LogP contribution in [0.25, 0.3) is 0 Å². The lowest BCUT2D eigenvalue weighted by atomic mass is 9.86. The molecule has 18 heavy (non-hydrogen) atoms. The van der Waals surface area contributed by atoms with Crippen LogP contribution in [0.3, 0.4) is 0 Å². The van der Waals surface area contributed by atoms with E-state index in [0.717, 1.165) is 0 Å². The molecule has 1 fully saturated rings. The first-order valence-corrected chi connectivity index (χ1v) is 7.11. The van der Waals surface area contributed by atoms with Gasteiger partial charge in [0.15, 0.2) is 5.13 Å². The summed E-state index contributed by atoms with van der Waals surface area (Å²) in [6.45, 7) is 0. The highest BCUT2D eigenvalue weighted by atomic mass is 35.5. The van der Waals surface area contributed by atoms with Crippen molar-refractivity contribution in [3.8, 4) is 0 Å². The molecular weight excluding hydrogens is 282 g/mol. The Morgan fingerprint density at radius 2 is 2.44 bits per heavy atom. The summed E-state index contributed by atoms with van der Waals surface area (Å²) in [5.41, 5.74) is 0.672. The summed E-state index contributed by atoms with van der Waals surface area (Å²) in [4.78, 5) is 15.9. The Balaban J connectivity index is 1.95. The fourth-order valence-electron chi connectivity index (χ4n) is 2.03. The number of rotatable bonds is 3. The van der Waals surface area contributed by atoms with Crippen molar-refractivity contribution in [1.82, 2.24) is 4.98 Å². The van der Waals surface area contributed by atoms with E-state index >= 15 is 0 Å². The molecular formula is C11H13ClF2N2OS. The average molecular weight is 295 g/mol. The summed E-state index contributed by atoms with van der Waals surface area (Å²) in [5.74, 6) is -3.44. The molecule has 0 spiro atoms. The molecule has 1 aromatic rings. The number of hydrogen-bond donors (Lipinski definition) is 1. The summed E-state index contributed by atoms with van der Waals surface area (Å²) in [6, 6.07) is 0. The Bertz CT molecular complexity index is 438. The normalized spacial score (nSPS) is 22.7. The van der Waals surface area contributed by atoms with Crippen LogP contribution in [0, 0.1) is 5.92 Å². The first kappa shape index (κ1) is 13.7. The van der Waals surface area contributed by atoms with E-state index in [-0.39, 0.29) is 24.6 Å². The summed E-state index contributed by atoms with van der Waals surface area (Å²) < 4.78 is 26.4. The van der Waals surface area contributed by atoms with Crippen molar-refractivity contribution in [3.05, 3.63) is 11.1 Å². The van der Waals surface area contributed by atoms with Crippen molar-refractivity contribution in [2.45, 2.75) is 37.5 Å². The molecule has 1 amide bonds. The summed E-state index contributed by atoms with van der Waals surface area (Å²) >= 11 is 6.85. The van der Waals surface area contributed by atoms with Crippen molar-refractivity contribution in [2.75, 3.05) is 5.32 Å². The molecule has 7 heteroatoms. The van der Waals surface area contributed by atoms with Gasteiger partial charge in [-0.1, -0.05) is 0 Å². The van der Waals surface area contributed by atoms with Crippen LogP contribution in [0.2, 0.25) is 0 Å². The number of nitrogens with one attached hydrogen (secondary N) is 1. The molecule has 1 N–H and O–H groups in total. The van der Waals surface area contributed by atoms with E-state index in [9.17, 15) is 13.6 Å². The van der Waals surface area contributed by atoms with Crippen molar-refractivity contribution in [3.63, 3.8) is 0 Å². The third kappa shape index (κ3) is 3.38. The second-order valence-electron chi connectivity index (χ2n) is 4.42. The summed E-state index contributed by atoms with van der Waals surface area (Å²) in [6.07, 6.45) is 0.405. The van der Waals surface area contributed by atoms with E-state index in [1.54, 1.807) is 5.38 Å². The third-order valence-electron chi connectivity index (χ3n) is 2.93. The third-order valence-corrected chi connectivity index (χ3v) is 4.01. The molecule has 1 aliphatic carbocycles. The van der Waals surface area contributed by atoms with E-state index in [1.807, 2.05) is 0 Å². The van der Waals surface area contributed by atoms with E-state index in [0.29, 0.717) is 23.7 Å². The number of thiazole rings is 1. The molecule has 1 unspecified atom stereocenters. The molecule has 1 atom stereocenters. The van der Waals surface area contributed by atoms with E-state index in [1.165, 1.54) is 11.3 Å². The number of alkyl halides is 3. The maximum Gasteiger partial charge on any atom is 0.248 e. The zero-order valence-corrected chi connectivity index (χ0v) is 11.2. The number of aromatic nitrogens is 1. The zero-order valence-electron chi connectivity index (χ0n) is 9.59. The van der Waals surface area contributed by atoms with Crippen LogP contribution in [-0.2, 0) is 10.7 Å². The minimum atomic E-state index is -2.72. The smallest absolute Gasteiger partial charge is 0.248 e. The van der Waals surface area contributed by atoms with Crippen molar-refractivity contribution < 1.29 is 13.6 Å². The van der Waals surface area contributed by atoms with Crippen LogP contribution in [0.4, 0.5) is 13.9 Å². The van der Waals surface area contributed by atoms with Gasteiger partial charge in [-0.05, 0) is 12.8 Å². The molecule has 0 aliphatic heterocycles. The molecule has 2 rings (SSSR count). The molecule has 1 aliphatic rings. The van der Waals surface area contributed by atoms with Crippen LogP contribution < -0.4 is 5.32 Å². The largest absolute Gasteiger partial charge is 0.302 e. The van der Waals surface area contributed by atoms with E-state index in [4.69, 9.17) is 11.6 Å². The highest BCUT2D eigenvalue weighted by Crippen LogP contribution is 2.37. The second kappa shape index (κ2) is 5.48. The van der Waals surface area contributed by atoms with Gasteiger partial charge < -0.3 is 5.32 Å². The van der Waals surface area contributed by atoms with Gasteiger partial charge in [-0.3, -0.25) is 4.79 Å².